The molecule has 0 bridgehead atoms. The maximum atomic E-state index is 14.3. The molecule has 2 heterocycles. The van der Waals surface area contributed by atoms with Gasteiger partial charge in [-0.25, -0.2) is 19.0 Å². The van der Waals surface area contributed by atoms with Crippen LogP contribution in [0, 0.1) is 11.7 Å². The number of halogens is 1. The molecule has 1 fully saturated rings. The molecule has 4 rings (SSSR count). The lowest BCUT2D eigenvalue weighted by Crippen LogP contribution is -2.35. The fourth-order valence-corrected chi connectivity index (χ4v) is 3.61. The van der Waals surface area contributed by atoms with Crippen molar-refractivity contribution in [2.45, 2.75) is 38.1 Å². The van der Waals surface area contributed by atoms with Crippen LogP contribution in [0.25, 0.3) is 5.69 Å². The van der Waals surface area contributed by atoms with Gasteiger partial charge in [0.1, 0.15) is 24.2 Å². The molecule has 2 aromatic heterocycles. The first-order valence-corrected chi connectivity index (χ1v) is 8.69. The summed E-state index contributed by atoms with van der Waals surface area (Å²) in [6.45, 7) is 1.37. The van der Waals surface area contributed by atoms with Crippen LogP contribution < -0.4 is 5.32 Å². The Morgan fingerprint density at radius 1 is 1.23 bits per heavy atom. The lowest BCUT2D eigenvalue weighted by Gasteiger charge is -2.17. The third-order valence-corrected chi connectivity index (χ3v) is 4.90. The van der Waals surface area contributed by atoms with E-state index in [9.17, 15) is 9.50 Å². The number of aromatic nitrogens is 5. The number of nitrogens with one attached hydrogen (secondary N) is 1. The molecule has 26 heavy (non-hydrogen) atoms. The Bertz CT molecular complexity index is 836. The van der Waals surface area contributed by atoms with Crippen LogP contribution in [0.1, 0.15) is 18.4 Å². The predicted molar refractivity (Wildman–Crippen MR) is 92.9 cm³/mol. The molecule has 3 atom stereocenters. The van der Waals surface area contributed by atoms with Crippen LogP contribution in [0.15, 0.2) is 49.6 Å². The van der Waals surface area contributed by atoms with Crippen LogP contribution >= 0.6 is 0 Å². The average molecular weight is 356 g/mol. The Balaban J connectivity index is 1.34. The van der Waals surface area contributed by atoms with Crippen LogP contribution in [-0.4, -0.2) is 41.6 Å². The van der Waals surface area contributed by atoms with E-state index in [2.05, 4.69) is 20.4 Å². The second-order valence-corrected chi connectivity index (χ2v) is 6.78. The van der Waals surface area contributed by atoms with E-state index < -0.39 is 0 Å². The number of nitrogens with zero attached hydrogens (tertiary/aromatic N) is 5. The van der Waals surface area contributed by atoms with Gasteiger partial charge in [-0.05, 0) is 36.5 Å². The first kappa shape index (κ1) is 16.9. The molecule has 0 radical (unpaired) electrons. The summed E-state index contributed by atoms with van der Waals surface area (Å²) >= 11 is 0. The Kier molecular flexibility index (Phi) is 4.77. The van der Waals surface area contributed by atoms with Crippen LogP contribution in [0.3, 0.4) is 0 Å². The highest BCUT2D eigenvalue weighted by Gasteiger charge is 2.32. The summed E-state index contributed by atoms with van der Waals surface area (Å²) in [4.78, 5) is 7.88. The molecule has 1 aromatic carbocycles. The molecule has 3 aromatic rings. The minimum atomic E-state index is -0.386. The summed E-state index contributed by atoms with van der Waals surface area (Å²) in [6.07, 6.45) is 9.59. The van der Waals surface area contributed by atoms with Crippen molar-refractivity contribution in [1.82, 2.24) is 29.6 Å². The van der Waals surface area contributed by atoms with Crippen molar-refractivity contribution in [2.75, 3.05) is 0 Å². The van der Waals surface area contributed by atoms with E-state index >= 15 is 0 Å². The van der Waals surface area contributed by atoms with Crippen molar-refractivity contribution in [3.8, 4) is 5.69 Å². The molecule has 0 saturated heterocycles. The molecule has 2 N–H and O–H groups in total. The zero-order chi connectivity index (χ0) is 17.9. The summed E-state index contributed by atoms with van der Waals surface area (Å²) in [6, 6.07) is 5.06. The number of imidazole rings is 1. The van der Waals surface area contributed by atoms with Crippen LogP contribution in [0.4, 0.5) is 4.39 Å². The van der Waals surface area contributed by atoms with E-state index in [1.165, 1.54) is 23.4 Å². The number of aliphatic hydroxyl groups excluding tert-OH is 1. The van der Waals surface area contributed by atoms with Gasteiger partial charge < -0.3 is 15.0 Å². The monoisotopic (exact) mass is 356 g/mol. The molecule has 0 aliphatic heterocycles. The number of hydrogen-bond acceptors (Lipinski definition) is 5. The lowest BCUT2D eigenvalue weighted by atomic mass is 10.1. The van der Waals surface area contributed by atoms with E-state index in [0.29, 0.717) is 18.2 Å². The summed E-state index contributed by atoms with van der Waals surface area (Å²) in [5.41, 5.74) is 1.20. The van der Waals surface area contributed by atoms with Gasteiger partial charge in [0.25, 0.3) is 0 Å². The van der Waals surface area contributed by atoms with Gasteiger partial charge >= 0.3 is 0 Å². The molecule has 7 nitrogen and oxygen atoms in total. The Hall–Kier alpha value is -2.58. The quantitative estimate of drug-likeness (QED) is 0.700. The van der Waals surface area contributed by atoms with Crippen molar-refractivity contribution >= 4 is 0 Å². The average Bonchev–Trinajstić information content (AvgIpc) is 3.36. The molecule has 1 aliphatic carbocycles. The third kappa shape index (κ3) is 3.66. The number of aliphatic hydroxyl groups is 1. The minimum Gasteiger partial charge on any atom is -0.391 e. The van der Waals surface area contributed by atoms with Gasteiger partial charge in [0, 0.05) is 31.5 Å². The first-order chi connectivity index (χ1) is 12.7. The van der Waals surface area contributed by atoms with Crippen molar-refractivity contribution in [3.63, 3.8) is 0 Å². The second-order valence-electron chi connectivity index (χ2n) is 6.78. The highest BCUT2D eigenvalue weighted by molar-refractivity contribution is 5.35. The Morgan fingerprint density at radius 2 is 2.15 bits per heavy atom. The van der Waals surface area contributed by atoms with Crippen LogP contribution in [-0.2, 0) is 13.1 Å². The van der Waals surface area contributed by atoms with E-state index in [-0.39, 0.29) is 18.0 Å². The molecule has 0 spiro atoms. The van der Waals surface area contributed by atoms with Gasteiger partial charge in [-0.3, -0.25) is 0 Å². The van der Waals surface area contributed by atoms with Gasteiger partial charge in [0.05, 0.1) is 12.4 Å². The maximum Gasteiger partial charge on any atom is 0.149 e. The van der Waals surface area contributed by atoms with Crippen molar-refractivity contribution in [3.05, 3.63) is 61.0 Å². The Labute approximate surface area is 150 Å². The van der Waals surface area contributed by atoms with Crippen molar-refractivity contribution in [1.29, 1.82) is 0 Å². The minimum absolute atomic E-state index is 0.0153. The smallest absolute Gasteiger partial charge is 0.149 e. The molecular weight excluding hydrogens is 335 g/mol. The zero-order valence-corrected chi connectivity index (χ0v) is 14.2. The van der Waals surface area contributed by atoms with E-state index in [1.807, 2.05) is 16.8 Å². The maximum absolute atomic E-state index is 14.3. The highest BCUT2D eigenvalue weighted by Crippen LogP contribution is 2.28. The molecule has 8 heteroatoms. The van der Waals surface area contributed by atoms with E-state index in [1.54, 1.807) is 18.6 Å². The lowest BCUT2D eigenvalue weighted by molar-refractivity contribution is 0.145. The van der Waals surface area contributed by atoms with E-state index in [4.69, 9.17) is 0 Å². The van der Waals surface area contributed by atoms with Gasteiger partial charge in [-0.15, -0.1) is 0 Å². The molecule has 1 unspecified atom stereocenters. The Morgan fingerprint density at radius 3 is 2.88 bits per heavy atom. The predicted octanol–water partition coefficient (Wildman–Crippen LogP) is 1.53. The molecule has 1 aliphatic rings. The largest absolute Gasteiger partial charge is 0.391 e. The first-order valence-electron chi connectivity index (χ1n) is 8.69. The van der Waals surface area contributed by atoms with Gasteiger partial charge in [0.2, 0.25) is 0 Å². The normalized spacial score (nSPS) is 22.8. The zero-order valence-electron chi connectivity index (χ0n) is 14.2. The van der Waals surface area contributed by atoms with Gasteiger partial charge in [-0.1, -0.05) is 6.07 Å². The molecule has 136 valence electrons. The number of hydrogen-bond donors (Lipinski definition) is 2. The van der Waals surface area contributed by atoms with Crippen molar-refractivity contribution < 1.29 is 9.50 Å². The third-order valence-electron chi connectivity index (χ3n) is 4.90. The summed E-state index contributed by atoms with van der Waals surface area (Å²) in [7, 11) is 0. The molecule has 1 saturated carbocycles. The second kappa shape index (κ2) is 7.35. The highest BCUT2D eigenvalue weighted by atomic mass is 19.1. The fraction of sp³-hybridized carbons (Fsp3) is 0.389. The van der Waals surface area contributed by atoms with Gasteiger partial charge in [0.15, 0.2) is 0 Å². The van der Waals surface area contributed by atoms with Crippen LogP contribution in [0.2, 0.25) is 0 Å². The summed E-state index contributed by atoms with van der Waals surface area (Å²) in [5, 5.41) is 17.6. The fourth-order valence-electron chi connectivity index (χ4n) is 3.61. The summed E-state index contributed by atoms with van der Waals surface area (Å²) in [5.74, 6) is 0.0582. The molecular formula is C18H21FN6O. The summed E-state index contributed by atoms with van der Waals surface area (Å²) < 4.78 is 17.7. The number of benzene rings is 1. The standard InChI is InChI=1S/C18H21FN6O/c19-15-5-13(1-2-17(15)25-12-21-10-23-25)8-22-16-6-14(7-18(16)26)9-24-4-3-20-11-24/h1-5,10-12,14,16,18,22,26H,6-9H2/t14?,16-,18-/m1/s1. The van der Waals surface area contributed by atoms with Crippen molar-refractivity contribution in [2.24, 2.45) is 5.92 Å². The van der Waals surface area contributed by atoms with Crippen LogP contribution in [0.5, 0.6) is 0 Å². The van der Waals surface area contributed by atoms with E-state index in [0.717, 1.165) is 24.9 Å². The topological polar surface area (TPSA) is 80.8 Å². The SMILES string of the molecule is O[C@@H]1CC(Cn2ccnc2)C[C@H]1NCc1ccc(-n2cncn2)c(F)c1. The van der Waals surface area contributed by atoms with Gasteiger partial charge in [-0.2, -0.15) is 5.10 Å². The molecule has 0 amide bonds. The number of rotatable bonds is 6.